The molecule has 0 N–H and O–H groups in total. The zero-order valence-electron chi connectivity index (χ0n) is 12.8. The molecule has 0 saturated carbocycles. The minimum absolute atomic E-state index is 0.0277. The van der Waals surface area contributed by atoms with E-state index in [4.69, 9.17) is 4.74 Å². The topological polar surface area (TPSA) is 43.4 Å². The standard InChI is InChI=1S/C18H17O3S/c1-10-7-16-13(8-15(10)21-3)9-17(22-16)14(19)6-11(2)18(20)12-4-5-12/h4-5,7-9,11H,6H2,1-3H3/t11-/m0/s1. The van der Waals surface area contributed by atoms with Crippen LogP contribution in [0.15, 0.2) is 29.8 Å². The molecule has 1 aromatic carbocycles. The Morgan fingerprint density at radius 1 is 1.27 bits per heavy atom. The van der Waals surface area contributed by atoms with Gasteiger partial charge in [0.2, 0.25) is 0 Å². The molecule has 4 heteroatoms. The van der Waals surface area contributed by atoms with Crippen molar-refractivity contribution in [3.8, 4) is 5.75 Å². The number of aryl methyl sites for hydroxylation is 1. The fourth-order valence-electron chi connectivity index (χ4n) is 2.49. The van der Waals surface area contributed by atoms with Gasteiger partial charge in [-0.15, -0.1) is 11.3 Å². The molecule has 1 aliphatic carbocycles. The number of carbonyl (C=O) groups excluding carboxylic acids is 2. The lowest BCUT2D eigenvalue weighted by molar-refractivity contribution is -0.118. The second-order valence-electron chi connectivity index (χ2n) is 5.65. The number of Topliss-reactive ketones (excluding diaryl/α,β-unsaturated/α-hetero) is 2. The average Bonchev–Trinajstić information content (AvgIpc) is 3.25. The summed E-state index contributed by atoms with van der Waals surface area (Å²) in [5.41, 5.74) is 1.80. The number of methoxy groups -OCH3 is 1. The second kappa shape index (κ2) is 5.69. The van der Waals surface area contributed by atoms with E-state index in [9.17, 15) is 9.59 Å². The molecule has 2 aromatic rings. The van der Waals surface area contributed by atoms with Crippen molar-refractivity contribution in [3.05, 3.63) is 46.7 Å². The van der Waals surface area contributed by atoms with E-state index in [1.165, 1.54) is 11.3 Å². The predicted molar refractivity (Wildman–Crippen MR) is 88.6 cm³/mol. The Morgan fingerprint density at radius 3 is 2.64 bits per heavy atom. The molecule has 113 valence electrons. The Bertz CT molecular complexity index is 798. The van der Waals surface area contributed by atoms with E-state index in [0.717, 1.165) is 27.0 Å². The number of hydrogen-bond acceptors (Lipinski definition) is 4. The highest BCUT2D eigenvalue weighted by atomic mass is 32.1. The van der Waals surface area contributed by atoms with Crippen LogP contribution in [0.1, 0.15) is 28.6 Å². The highest BCUT2D eigenvalue weighted by molar-refractivity contribution is 7.20. The number of hydrogen-bond donors (Lipinski definition) is 0. The highest BCUT2D eigenvalue weighted by Gasteiger charge is 2.25. The summed E-state index contributed by atoms with van der Waals surface area (Å²) >= 11 is 1.48. The monoisotopic (exact) mass is 313 g/mol. The van der Waals surface area contributed by atoms with Crippen LogP contribution in [0.25, 0.3) is 10.1 Å². The second-order valence-corrected chi connectivity index (χ2v) is 6.74. The first-order valence-corrected chi connectivity index (χ1v) is 8.02. The number of allylic oxidation sites excluding steroid dienone is 2. The van der Waals surface area contributed by atoms with Crippen molar-refractivity contribution in [1.29, 1.82) is 0 Å². The van der Waals surface area contributed by atoms with Crippen LogP contribution in [-0.4, -0.2) is 18.7 Å². The lowest BCUT2D eigenvalue weighted by Crippen LogP contribution is -2.14. The van der Waals surface area contributed by atoms with Crippen molar-refractivity contribution in [2.24, 2.45) is 5.92 Å². The quantitative estimate of drug-likeness (QED) is 0.753. The molecule has 3 nitrogen and oxygen atoms in total. The average molecular weight is 313 g/mol. The SMILES string of the molecule is COc1cc2cc(C(=O)C[C@H](C)C(=O)C3=C[CH]3)sc2cc1C. The summed E-state index contributed by atoms with van der Waals surface area (Å²) in [6.07, 6.45) is 3.84. The number of rotatable bonds is 6. The molecule has 1 aliphatic rings. The Kier molecular flexibility index (Phi) is 3.87. The van der Waals surface area contributed by atoms with Crippen LogP contribution in [-0.2, 0) is 4.79 Å². The summed E-state index contributed by atoms with van der Waals surface area (Å²) < 4.78 is 6.39. The van der Waals surface area contributed by atoms with E-state index in [-0.39, 0.29) is 23.9 Å². The van der Waals surface area contributed by atoms with E-state index < -0.39 is 0 Å². The molecule has 0 unspecified atom stereocenters. The number of thiophene rings is 1. The van der Waals surface area contributed by atoms with Gasteiger partial charge >= 0.3 is 0 Å². The lowest BCUT2D eigenvalue weighted by atomic mass is 9.97. The molecule has 1 atom stereocenters. The molecular weight excluding hydrogens is 296 g/mol. The molecular formula is C18H17O3S. The van der Waals surface area contributed by atoms with Gasteiger partial charge in [-0.25, -0.2) is 0 Å². The molecule has 1 aromatic heterocycles. The molecule has 0 aliphatic heterocycles. The minimum atomic E-state index is -0.265. The van der Waals surface area contributed by atoms with Crippen molar-refractivity contribution in [2.75, 3.05) is 7.11 Å². The van der Waals surface area contributed by atoms with Gasteiger partial charge in [-0.05, 0) is 41.6 Å². The number of fused-ring (bicyclic) bond motifs is 1. The van der Waals surface area contributed by atoms with Gasteiger partial charge in [-0.2, -0.15) is 0 Å². The van der Waals surface area contributed by atoms with Gasteiger partial charge in [-0.3, -0.25) is 9.59 Å². The predicted octanol–water partition coefficient (Wildman–Crippen LogP) is 4.14. The highest BCUT2D eigenvalue weighted by Crippen LogP contribution is 2.33. The van der Waals surface area contributed by atoms with Crippen molar-refractivity contribution >= 4 is 33.0 Å². The first-order chi connectivity index (χ1) is 10.5. The molecule has 0 amide bonds. The van der Waals surface area contributed by atoms with E-state index >= 15 is 0 Å². The van der Waals surface area contributed by atoms with E-state index in [1.54, 1.807) is 19.6 Å². The lowest BCUT2D eigenvalue weighted by Gasteiger charge is -2.05. The van der Waals surface area contributed by atoms with Gasteiger partial charge in [0, 0.05) is 23.5 Å². The van der Waals surface area contributed by atoms with Crippen molar-refractivity contribution in [1.82, 2.24) is 0 Å². The van der Waals surface area contributed by atoms with E-state index in [1.807, 2.05) is 32.0 Å². The molecule has 0 fully saturated rings. The zero-order valence-corrected chi connectivity index (χ0v) is 13.6. The van der Waals surface area contributed by atoms with Crippen LogP contribution in [0.4, 0.5) is 0 Å². The Labute approximate surface area is 133 Å². The molecule has 1 heterocycles. The zero-order chi connectivity index (χ0) is 15.9. The third kappa shape index (κ3) is 2.83. The fraction of sp³-hybridized carbons (Fsp3) is 0.278. The van der Waals surface area contributed by atoms with Crippen LogP contribution < -0.4 is 4.74 Å². The molecule has 0 saturated heterocycles. The van der Waals surface area contributed by atoms with Gasteiger partial charge < -0.3 is 4.74 Å². The maximum absolute atomic E-state index is 12.4. The van der Waals surface area contributed by atoms with Crippen molar-refractivity contribution < 1.29 is 14.3 Å². The van der Waals surface area contributed by atoms with Crippen LogP contribution in [0.5, 0.6) is 5.75 Å². The van der Waals surface area contributed by atoms with Crippen LogP contribution in [0.2, 0.25) is 0 Å². The summed E-state index contributed by atoms with van der Waals surface area (Å²) in [4.78, 5) is 25.0. The molecule has 0 bridgehead atoms. The fourth-order valence-corrected chi connectivity index (χ4v) is 3.58. The van der Waals surface area contributed by atoms with E-state index in [2.05, 4.69) is 0 Å². The maximum Gasteiger partial charge on any atom is 0.173 e. The van der Waals surface area contributed by atoms with Gasteiger partial charge in [0.1, 0.15) is 5.75 Å². The van der Waals surface area contributed by atoms with Crippen molar-refractivity contribution in [3.63, 3.8) is 0 Å². The molecule has 0 spiro atoms. The Hall–Kier alpha value is -1.94. The summed E-state index contributed by atoms with van der Waals surface area (Å²) in [5.74, 6) is 0.648. The Balaban J connectivity index is 1.81. The largest absolute Gasteiger partial charge is 0.496 e. The van der Waals surface area contributed by atoms with Crippen LogP contribution in [0.3, 0.4) is 0 Å². The van der Waals surface area contributed by atoms with Gasteiger partial charge in [0.05, 0.1) is 12.0 Å². The van der Waals surface area contributed by atoms with Gasteiger partial charge in [-0.1, -0.05) is 13.0 Å². The minimum Gasteiger partial charge on any atom is -0.496 e. The smallest absolute Gasteiger partial charge is 0.173 e. The van der Waals surface area contributed by atoms with Gasteiger partial charge in [0.25, 0.3) is 0 Å². The van der Waals surface area contributed by atoms with Crippen LogP contribution >= 0.6 is 11.3 Å². The third-order valence-electron chi connectivity index (χ3n) is 3.87. The first kappa shape index (κ1) is 15.0. The molecule has 1 radical (unpaired) electrons. The van der Waals surface area contributed by atoms with Crippen molar-refractivity contribution in [2.45, 2.75) is 20.3 Å². The Morgan fingerprint density at radius 2 is 2.00 bits per heavy atom. The summed E-state index contributed by atoms with van der Waals surface area (Å²) in [6, 6.07) is 5.88. The number of ketones is 2. The van der Waals surface area contributed by atoms with Crippen LogP contribution in [0, 0.1) is 19.3 Å². The summed E-state index contributed by atoms with van der Waals surface area (Å²) in [6.45, 7) is 3.80. The van der Waals surface area contributed by atoms with E-state index in [0.29, 0.717) is 4.88 Å². The van der Waals surface area contributed by atoms with Gasteiger partial charge in [0.15, 0.2) is 11.6 Å². The number of benzene rings is 1. The third-order valence-corrected chi connectivity index (χ3v) is 5.00. The molecule has 3 rings (SSSR count). The first-order valence-electron chi connectivity index (χ1n) is 7.20. The maximum atomic E-state index is 12.4. The number of carbonyl (C=O) groups is 2. The summed E-state index contributed by atoms with van der Waals surface area (Å²) in [7, 11) is 1.64. The molecule has 22 heavy (non-hydrogen) atoms. The summed E-state index contributed by atoms with van der Waals surface area (Å²) in [5, 5.41) is 1.01. The normalized spacial score (nSPS) is 14.6. The number of ether oxygens (including phenoxy) is 1.